The number of nitrogens with zero attached hydrogens (tertiary/aromatic N) is 3. The SMILES string of the molecule is CCOC(=O)CN(C(=O)CSc1nnc(-c2cccc(Cl)c2)o1)c1ccccc1. The summed E-state index contributed by atoms with van der Waals surface area (Å²) in [5.74, 6) is -0.424. The van der Waals surface area contributed by atoms with Crippen LogP contribution in [0.1, 0.15) is 6.92 Å². The van der Waals surface area contributed by atoms with Crippen LogP contribution >= 0.6 is 23.4 Å². The number of halogens is 1. The zero-order chi connectivity index (χ0) is 20.6. The van der Waals surface area contributed by atoms with E-state index in [4.69, 9.17) is 20.8 Å². The molecule has 0 aliphatic carbocycles. The Hall–Kier alpha value is -2.84. The van der Waals surface area contributed by atoms with Crippen molar-refractivity contribution < 1.29 is 18.7 Å². The number of para-hydroxylation sites is 1. The molecule has 3 rings (SSSR count). The fraction of sp³-hybridized carbons (Fsp3) is 0.200. The van der Waals surface area contributed by atoms with Crippen molar-refractivity contribution in [1.82, 2.24) is 10.2 Å². The van der Waals surface area contributed by atoms with Crippen LogP contribution in [0.15, 0.2) is 64.2 Å². The third-order valence-corrected chi connectivity index (χ3v) is 4.80. The summed E-state index contributed by atoms with van der Waals surface area (Å²) < 4.78 is 10.6. The molecule has 29 heavy (non-hydrogen) atoms. The molecule has 0 fully saturated rings. The van der Waals surface area contributed by atoms with Crippen LogP contribution in [0.2, 0.25) is 5.02 Å². The first-order valence-electron chi connectivity index (χ1n) is 8.80. The number of thioether (sulfide) groups is 1. The summed E-state index contributed by atoms with van der Waals surface area (Å²) in [7, 11) is 0. The molecule has 0 saturated heterocycles. The summed E-state index contributed by atoms with van der Waals surface area (Å²) in [6.45, 7) is 1.79. The van der Waals surface area contributed by atoms with E-state index in [1.807, 2.05) is 6.07 Å². The number of carbonyl (C=O) groups excluding carboxylic acids is 2. The first-order chi connectivity index (χ1) is 14.1. The molecule has 3 aromatic rings. The van der Waals surface area contributed by atoms with Gasteiger partial charge in [0.25, 0.3) is 5.22 Å². The number of benzene rings is 2. The van der Waals surface area contributed by atoms with Crippen molar-refractivity contribution in [2.24, 2.45) is 0 Å². The number of aromatic nitrogens is 2. The molecule has 150 valence electrons. The number of carbonyl (C=O) groups is 2. The van der Waals surface area contributed by atoms with E-state index in [1.165, 1.54) is 4.90 Å². The van der Waals surface area contributed by atoms with Gasteiger partial charge in [0, 0.05) is 16.3 Å². The molecular weight excluding hydrogens is 414 g/mol. The topological polar surface area (TPSA) is 85.5 Å². The summed E-state index contributed by atoms with van der Waals surface area (Å²) in [6.07, 6.45) is 0. The average Bonchev–Trinajstić information content (AvgIpc) is 3.20. The number of hydrogen-bond donors (Lipinski definition) is 0. The molecule has 0 N–H and O–H groups in total. The first kappa shape index (κ1) is 20.9. The van der Waals surface area contributed by atoms with Crippen LogP contribution in [-0.2, 0) is 14.3 Å². The van der Waals surface area contributed by atoms with Crippen LogP contribution in [0.4, 0.5) is 5.69 Å². The minimum atomic E-state index is -0.476. The van der Waals surface area contributed by atoms with Crippen LogP contribution in [0, 0.1) is 0 Å². The molecule has 2 aromatic carbocycles. The lowest BCUT2D eigenvalue weighted by atomic mass is 10.2. The van der Waals surface area contributed by atoms with Gasteiger partial charge < -0.3 is 14.1 Å². The molecular formula is C20H18ClN3O4S. The van der Waals surface area contributed by atoms with Gasteiger partial charge in [0.15, 0.2) is 0 Å². The molecule has 0 aliphatic rings. The number of rotatable bonds is 8. The third-order valence-electron chi connectivity index (χ3n) is 3.76. The van der Waals surface area contributed by atoms with Gasteiger partial charge in [0.1, 0.15) is 6.54 Å². The summed E-state index contributed by atoms with van der Waals surface area (Å²) in [6, 6.07) is 16.0. The Morgan fingerprint density at radius 1 is 1.14 bits per heavy atom. The maximum Gasteiger partial charge on any atom is 0.326 e. The smallest absolute Gasteiger partial charge is 0.326 e. The van der Waals surface area contributed by atoms with Crippen LogP contribution in [0.25, 0.3) is 11.5 Å². The van der Waals surface area contributed by atoms with Gasteiger partial charge in [0.05, 0.1) is 12.4 Å². The summed E-state index contributed by atoms with van der Waals surface area (Å²) >= 11 is 7.07. The van der Waals surface area contributed by atoms with Crippen LogP contribution < -0.4 is 4.90 Å². The molecule has 1 amide bonds. The summed E-state index contributed by atoms with van der Waals surface area (Å²) in [5, 5.41) is 8.75. The molecule has 1 heterocycles. The highest BCUT2D eigenvalue weighted by Gasteiger charge is 2.21. The summed E-state index contributed by atoms with van der Waals surface area (Å²) in [5.41, 5.74) is 1.30. The lowest BCUT2D eigenvalue weighted by Gasteiger charge is -2.21. The second kappa shape index (κ2) is 10.1. The monoisotopic (exact) mass is 431 g/mol. The minimum Gasteiger partial charge on any atom is -0.465 e. The third kappa shape index (κ3) is 5.82. The Morgan fingerprint density at radius 2 is 1.93 bits per heavy atom. The van der Waals surface area contributed by atoms with Gasteiger partial charge >= 0.3 is 5.97 Å². The zero-order valence-corrected chi connectivity index (χ0v) is 17.2. The predicted octanol–water partition coefficient (Wildman–Crippen LogP) is 4.08. The van der Waals surface area contributed by atoms with Crippen molar-refractivity contribution in [3.8, 4) is 11.5 Å². The fourth-order valence-electron chi connectivity index (χ4n) is 2.47. The molecule has 0 atom stereocenters. The number of amides is 1. The molecule has 9 heteroatoms. The molecule has 7 nitrogen and oxygen atoms in total. The number of anilines is 1. The Balaban J connectivity index is 1.68. The minimum absolute atomic E-state index is 0.0193. The van der Waals surface area contributed by atoms with Crippen LogP contribution in [0.3, 0.4) is 0 Å². The largest absolute Gasteiger partial charge is 0.465 e. The van der Waals surface area contributed by atoms with E-state index >= 15 is 0 Å². The Morgan fingerprint density at radius 3 is 2.66 bits per heavy atom. The standard InChI is InChI=1S/C20H18ClN3O4S/c1-2-27-18(26)12-24(16-9-4-3-5-10-16)17(25)13-29-20-23-22-19(28-20)14-7-6-8-15(21)11-14/h3-11H,2,12-13H2,1H3. The average molecular weight is 432 g/mol. The molecule has 0 aliphatic heterocycles. The second-order valence-electron chi connectivity index (χ2n) is 5.79. The number of ether oxygens (including phenoxy) is 1. The Labute approximate surface area is 177 Å². The highest BCUT2D eigenvalue weighted by Crippen LogP contribution is 2.25. The predicted molar refractivity (Wildman–Crippen MR) is 111 cm³/mol. The van der Waals surface area contributed by atoms with E-state index in [1.54, 1.807) is 55.5 Å². The quantitative estimate of drug-likeness (QED) is 0.392. The van der Waals surface area contributed by atoms with E-state index in [0.717, 1.165) is 11.8 Å². The molecule has 0 bridgehead atoms. The van der Waals surface area contributed by atoms with Gasteiger partial charge in [-0.1, -0.05) is 47.6 Å². The van der Waals surface area contributed by atoms with Crippen molar-refractivity contribution in [2.45, 2.75) is 12.1 Å². The molecule has 0 saturated carbocycles. The first-order valence-corrected chi connectivity index (χ1v) is 10.2. The van der Waals surface area contributed by atoms with Crippen molar-refractivity contribution >= 4 is 40.9 Å². The lowest BCUT2D eigenvalue weighted by Crippen LogP contribution is -2.37. The van der Waals surface area contributed by atoms with E-state index < -0.39 is 5.97 Å². The molecule has 0 unspecified atom stereocenters. The van der Waals surface area contributed by atoms with Crippen molar-refractivity contribution in [3.05, 3.63) is 59.6 Å². The second-order valence-corrected chi connectivity index (χ2v) is 7.16. The maximum absolute atomic E-state index is 12.8. The van der Waals surface area contributed by atoms with Gasteiger partial charge in [-0.15, -0.1) is 10.2 Å². The van der Waals surface area contributed by atoms with Crippen molar-refractivity contribution in [1.29, 1.82) is 0 Å². The Kier molecular flexibility index (Phi) is 7.26. The summed E-state index contributed by atoms with van der Waals surface area (Å²) in [4.78, 5) is 26.1. The normalized spacial score (nSPS) is 10.6. The zero-order valence-electron chi connectivity index (χ0n) is 15.6. The number of esters is 1. The Bertz CT molecular complexity index is 981. The van der Waals surface area contributed by atoms with Crippen molar-refractivity contribution in [2.75, 3.05) is 23.8 Å². The highest BCUT2D eigenvalue weighted by atomic mass is 35.5. The van der Waals surface area contributed by atoms with E-state index in [9.17, 15) is 9.59 Å². The van der Waals surface area contributed by atoms with E-state index in [-0.39, 0.29) is 30.0 Å². The lowest BCUT2D eigenvalue weighted by molar-refractivity contribution is -0.142. The number of hydrogen-bond acceptors (Lipinski definition) is 7. The van der Waals surface area contributed by atoms with Gasteiger partial charge in [-0.05, 0) is 37.3 Å². The van der Waals surface area contributed by atoms with Gasteiger partial charge in [-0.3, -0.25) is 9.59 Å². The van der Waals surface area contributed by atoms with Gasteiger partial charge in [0.2, 0.25) is 11.8 Å². The highest BCUT2D eigenvalue weighted by molar-refractivity contribution is 7.99. The molecule has 0 spiro atoms. The van der Waals surface area contributed by atoms with Crippen LogP contribution in [0.5, 0.6) is 0 Å². The molecule has 0 radical (unpaired) electrons. The van der Waals surface area contributed by atoms with Crippen LogP contribution in [-0.4, -0.2) is 41.0 Å². The van der Waals surface area contributed by atoms with E-state index in [0.29, 0.717) is 22.2 Å². The maximum atomic E-state index is 12.8. The molecule has 1 aromatic heterocycles. The van der Waals surface area contributed by atoms with Crippen molar-refractivity contribution in [3.63, 3.8) is 0 Å². The fourth-order valence-corrected chi connectivity index (χ4v) is 3.30. The van der Waals surface area contributed by atoms with Gasteiger partial charge in [-0.2, -0.15) is 0 Å². The van der Waals surface area contributed by atoms with E-state index in [2.05, 4.69) is 10.2 Å². The van der Waals surface area contributed by atoms with Gasteiger partial charge in [-0.25, -0.2) is 0 Å².